The summed E-state index contributed by atoms with van der Waals surface area (Å²) in [6.07, 6.45) is 0.379. The fourth-order valence-corrected chi connectivity index (χ4v) is 2.38. The number of methoxy groups -OCH3 is 1. The number of anilines is 1. The van der Waals surface area contributed by atoms with Gasteiger partial charge in [0.25, 0.3) is 0 Å². The number of aromatic hydroxyl groups is 1. The summed E-state index contributed by atoms with van der Waals surface area (Å²) >= 11 is 0. The molecule has 0 fully saturated rings. The second kappa shape index (κ2) is 8.97. The van der Waals surface area contributed by atoms with Crippen molar-refractivity contribution < 1.29 is 14.6 Å². The first-order chi connectivity index (χ1) is 12.0. The number of amides is 1. The molecule has 0 aliphatic rings. The fraction of sp³-hybridized carbons (Fsp3) is 0.350. The molecule has 0 spiro atoms. The van der Waals surface area contributed by atoms with E-state index in [4.69, 9.17) is 4.74 Å². The number of ether oxygens (including phenoxy) is 1. The zero-order valence-electron chi connectivity index (χ0n) is 15.0. The predicted octanol–water partition coefficient (Wildman–Crippen LogP) is 3.33. The van der Waals surface area contributed by atoms with E-state index in [1.807, 2.05) is 36.4 Å². The van der Waals surface area contributed by atoms with Gasteiger partial charge in [0.1, 0.15) is 0 Å². The van der Waals surface area contributed by atoms with Gasteiger partial charge in [0.2, 0.25) is 5.91 Å². The minimum absolute atomic E-state index is 0.0377. The SMILES string of the molecule is COc1cccc(CNc2ccc(CC(=O)NCC(C)C)cc2)c1O. The first-order valence-electron chi connectivity index (χ1n) is 8.44. The lowest BCUT2D eigenvalue weighted by molar-refractivity contribution is -0.120. The standard InChI is InChI=1S/C20H26N2O3/c1-14(2)12-22-19(23)11-15-7-9-17(10-8-15)21-13-16-5-4-6-18(25-3)20(16)24/h4-10,14,21,24H,11-13H2,1-3H3,(H,22,23). The van der Waals surface area contributed by atoms with Crippen LogP contribution in [0.4, 0.5) is 5.69 Å². The van der Waals surface area contributed by atoms with E-state index in [0.29, 0.717) is 31.2 Å². The van der Waals surface area contributed by atoms with Crippen molar-refractivity contribution in [1.29, 1.82) is 0 Å². The van der Waals surface area contributed by atoms with Gasteiger partial charge in [0.05, 0.1) is 13.5 Å². The van der Waals surface area contributed by atoms with Crippen LogP contribution in [0.3, 0.4) is 0 Å². The Kier molecular flexibility index (Phi) is 6.69. The molecular formula is C20H26N2O3. The van der Waals surface area contributed by atoms with Crippen LogP contribution in [0.25, 0.3) is 0 Å². The van der Waals surface area contributed by atoms with Crippen LogP contribution in [-0.4, -0.2) is 24.7 Å². The molecule has 0 saturated carbocycles. The minimum atomic E-state index is 0.0377. The Morgan fingerprint density at radius 3 is 2.52 bits per heavy atom. The minimum Gasteiger partial charge on any atom is -0.504 e. The van der Waals surface area contributed by atoms with Crippen LogP contribution < -0.4 is 15.4 Å². The highest BCUT2D eigenvalue weighted by Crippen LogP contribution is 2.29. The van der Waals surface area contributed by atoms with Crippen molar-refractivity contribution in [3.8, 4) is 11.5 Å². The van der Waals surface area contributed by atoms with E-state index in [9.17, 15) is 9.90 Å². The summed E-state index contributed by atoms with van der Waals surface area (Å²) in [5, 5.41) is 16.3. The average molecular weight is 342 g/mol. The van der Waals surface area contributed by atoms with Gasteiger partial charge in [0.15, 0.2) is 11.5 Å². The zero-order chi connectivity index (χ0) is 18.2. The van der Waals surface area contributed by atoms with Gasteiger partial charge in [-0.2, -0.15) is 0 Å². The molecule has 0 atom stereocenters. The number of hydrogen-bond donors (Lipinski definition) is 3. The highest BCUT2D eigenvalue weighted by molar-refractivity contribution is 5.78. The van der Waals surface area contributed by atoms with Gasteiger partial charge in [0, 0.05) is 24.3 Å². The van der Waals surface area contributed by atoms with E-state index < -0.39 is 0 Å². The summed E-state index contributed by atoms with van der Waals surface area (Å²) in [5.41, 5.74) is 2.65. The van der Waals surface area contributed by atoms with Crippen molar-refractivity contribution in [2.45, 2.75) is 26.8 Å². The molecule has 25 heavy (non-hydrogen) atoms. The summed E-state index contributed by atoms with van der Waals surface area (Å²) in [6, 6.07) is 13.1. The highest BCUT2D eigenvalue weighted by atomic mass is 16.5. The number of para-hydroxylation sites is 1. The summed E-state index contributed by atoms with van der Waals surface area (Å²) in [6.45, 7) is 5.32. The summed E-state index contributed by atoms with van der Waals surface area (Å²) in [5.74, 6) is 1.09. The van der Waals surface area contributed by atoms with Crippen LogP contribution in [0.2, 0.25) is 0 Å². The molecule has 2 aromatic rings. The Morgan fingerprint density at radius 1 is 1.16 bits per heavy atom. The second-order valence-electron chi connectivity index (χ2n) is 6.39. The normalized spacial score (nSPS) is 10.6. The van der Waals surface area contributed by atoms with Gasteiger partial charge in [-0.1, -0.05) is 38.1 Å². The zero-order valence-corrected chi connectivity index (χ0v) is 15.0. The predicted molar refractivity (Wildman–Crippen MR) is 100.0 cm³/mol. The summed E-state index contributed by atoms with van der Waals surface area (Å²) < 4.78 is 5.11. The molecular weight excluding hydrogens is 316 g/mol. The molecule has 0 bridgehead atoms. The summed E-state index contributed by atoms with van der Waals surface area (Å²) in [7, 11) is 1.53. The molecule has 0 aliphatic heterocycles. The van der Waals surface area contributed by atoms with E-state index in [0.717, 1.165) is 16.8 Å². The highest BCUT2D eigenvalue weighted by Gasteiger charge is 2.07. The van der Waals surface area contributed by atoms with Crippen LogP contribution >= 0.6 is 0 Å². The van der Waals surface area contributed by atoms with E-state index in [2.05, 4.69) is 24.5 Å². The lowest BCUT2D eigenvalue weighted by atomic mass is 10.1. The Hall–Kier alpha value is -2.69. The number of rotatable bonds is 8. The Bertz CT molecular complexity index is 697. The Labute approximate surface area is 149 Å². The summed E-state index contributed by atoms with van der Waals surface area (Å²) in [4.78, 5) is 11.8. The van der Waals surface area contributed by atoms with Gasteiger partial charge >= 0.3 is 0 Å². The van der Waals surface area contributed by atoms with Crippen molar-refractivity contribution in [2.75, 3.05) is 19.0 Å². The maximum absolute atomic E-state index is 11.8. The lowest BCUT2D eigenvalue weighted by Gasteiger charge is -2.11. The number of carbonyl (C=O) groups is 1. The van der Waals surface area contributed by atoms with E-state index in [-0.39, 0.29) is 11.7 Å². The van der Waals surface area contributed by atoms with E-state index in [1.54, 1.807) is 6.07 Å². The molecule has 1 amide bonds. The Morgan fingerprint density at radius 2 is 1.88 bits per heavy atom. The lowest BCUT2D eigenvalue weighted by Crippen LogP contribution is -2.28. The van der Waals surface area contributed by atoms with Crippen LogP contribution in [0.15, 0.2) is 42.5 Å². The third-order valence-corrected chi connectivity index (χ3v) is 3.81. The first-order valence-corrected chi connectivity index (χ1v) is 8.44. The van der Waals surface area contributed by atoms with Crippen molar-refractivity contribution in [3.63, 3.8) is 0 Å². The molecule has 0 radical (unpaired) electrons. The van der Waals surface area contributed by atoms with Crippen LogP contribution in [-0.2, 0) is 17.8 Å². The molecule has 3 N–H and O–H groups in total. The van der Waals surface area contributed by atoms with Crippen molar-refractivity contribution >= 4 is 11.6 Å². The maximum Gasteiger partial charge on any atom is 0.224 e. The molecule has 5 heteroatoms. The largest absolute Gasteiger partial charge is 0.504 e. The number of hydrogen-bond acceptors (Lipinski definition) is 4. The van der Waals surface area contributed by atoms with Gasteiger partial charge < -0.3 is 20.5 Å². The molecule has 0 aromatic heterocycles. The van der Waals surface area contributed by atoms with Crippen molar-refractivity contribution in [2.24, 2.45) is 5.92 Å². The topological polar surface area (TPSA) is 70.6 Å². The monoisotopic (exact) mass is 342 g/mol. The van der Waals surface area contributed by atoms with E-state index in [1.165, 1.54) is 7.11 Å². The van der Waals surface area contributed by atoms with Gasteiger partial charge in [-0.15, -0.1) is 0 Å². The van der Waals surface area contributed by atoms with E-state index >= 15 is 0 Å². The molecule has 0 unspecified atom stereocenters. The van der Waals surface area contributed by atoms with Crippen LogP contribution in [0.5, 0.6) is 11.5 Å². The molecule has 0 aliphatic carbocycles. The fourth-order valence-electron chi connectivity index (χ4n) is 2.38. The third-order valence-electron chi connectivity index (χ3n) is 3.81. The number of benzene rings is 2. The van der Waals surface area contributed by atoms with Gasteiger partial charge in [-0.25, -0.2) is 0 Å². The molecule has 2 aromatic carbocycles. The number of phenolic OH excluding ortho intramolecular Hbond substituents is 1. The van der Waals surface area contributed by atoms with Gasteiger partial charge in [-0.05, 0) is 29.7 Å². The molecule has 134 valence electrons. The number of carbonyl (C=O) groups excluding carboxylic acids is 1. The second-order valence-corrected chi connectivity index (χ2v) is 6.39. The van der Waals surface area contributed by atoms with Crippen LogP contribution in [0, 0.1) is 5.92 Å². The molecule has 0 heterocycles. The number of nitrogens with one attached hydrogen (secondary N) is 2. The third kappa shape index (κ3) is 5.71. The first kappa shape index (κ1) is 18.6. The smallest absolute Gasteiger partial charge is 0.224 e. The van der Waals surface area contributed by atoms with Crippen LogP contribution in [0.1, 0.15) is 25.0 Å². The maximum atomic E-state index is 11.8. The molecule has 5 nitrogen and oxygen atoms in total. The average Bonchev–Trinajstić information content (AvgIpc) is 2.60. The van der Waals surface area contributed by atoms with Gasteiger partial charge in [-0.3, -0.25) is 4.79 Å². The molecule has 0 saturated heterocycles. The molecule has 2 rings (SSSR count). The van der Waals surface area contributed by atoms with Crippen molar-refractivity contribution in [3.05, 3.63) is 53.6 Å². The number of phenols is 1. The Balaban J connectivity index is 1.89. The van der Waals surface area contributed by atoms with Crippen molar-refractivity contribution in [1.82, 2.24) is 5.32 Å². The quantitative estimate of drug-likeness (QED) is 0.688.